The topological polar surface area (TPSA) is 151 Å². The number of hydrogen-bond donors (Lipinski definition) is 2. The summed E-state index contributed by atoms with van der Waals surface area (Å²) in [5, 5.41) is 20.9. The summed E-state index contributed by atoms with van der Waals surface area (Å²) in [4.78, 5) is 63.4. The van der Waals surface area contributed by atoms with Crippen molar-refractivity contribution in [1.82, 2.24) is 0 Å². The molecule has 6 atom stereocenters. The predicted octanol–water partition coefficient (Wildman–Crippen LogP) is 5.57. The molecule has 11 nitrogen and oxygen atoms in total. The van der Waals surface area contributed by atoms with E-state index < -0.39 is 110 Å². The molecular formula is C35H23Cl2F5N2O9. The van der Waals surface area contributed by atoms with Crippen molar-refractivity contribution in [1.29, 1.82) is 0 Å². The van der Waals surface area contributed by atoms with Crippen LogP contribution in [-0.4, -0.2) is 63.8 Å². The number of anilines is 2. The van der Waals surface area contributed by atoms with E-state index >= 15 is 8.78 Å². The number of carboxylic acid groups (broad SMARTS) is 1. The SMILES string of the molecule is COc1cc(O)c([C@H]2C3=CC[C@@H]4C(=O)N(c5cccc(C(=O)O)c5)C(=O)[C@@H]4[C@@H]3C[C@@]3(Cl)C(=O)N(c4c(F)c(F)c(F)c(F)c4F)C(=O)[C@@]23Cl)c(OC)c1. The molecule has 0 bridgehead atoms. The van der Waals surface area contributed by atoms with E-state index in [-0.39, 0.29) is 45.2 Å². The molecule has 3 fully saturated rings. The van der Waals surface area contributed by atoms with Gasteiger partial charge in [0.2, 0.25) is 17.6 Å². The second-order valence-electron chi connectivity index (χ2n) is 12.8. The van der Waals surface area contributed by atoms with Crippen LogP contribution in [0.1, 0.15) is 34.7 Å². The molecule has 0 radical (unpaired) electrons. The van der Waals surface area contributed by atoms with E-state index in [0.29, 0.717) is 0 Å². The van der Waals surface area contributed by atoms with Gasteiger partial charge in [-0.2, -0.15) is 0 Å². The number of rotatable bonds is 6. The lowest BCUT2D eigenvalue weighted by molar-refractivity contribution is -0.125. The third kappa shape index (κ3) is 4.67. The normalized spacial score (nSPS) is 27.8. The summed E-state index contributed by atoms with van der Waals surface area (Å²) in [5.41, 5.74) is -2.56. The Morgan fingerprint density at radius 2 is 1.49 bits per heavy atom. The minimum atomic E-state index is -2.92. The van der Waals surface area contributed by atoms with Crippen LogP contribution in [0.2, 0.25) is 0 Å². The van der Waals surface area contributed by atoms with Crippen molar-refractivity contribution < 1.29 is 65.6 Å². The van der Waals surface area contributed by atoms with E-state index in [9.17, 15) is 47.4 Å². The highest BCUT2D eigenvalue weighted by Crippen LogP contribution is 2.67. The fourth-order valence-corrected chi connectivity index (χ4v) is 9.00. The van der Waals surface area contributed by atoms with Gasteiger partial charge in [-0.25, -0.2) is 31.6 Å². The predicted molar refractivity (Wildman–Crippen MR) is 174 cm³/mol. The van der Waals surface area contributed by atoms with E-state index in [4.69, 9.17) is 32.7 Å². The highest BCUT2D eigenvalue weighted by atomic mass is 35.5. The number of amides is 4. The average Bonchev–Trinajstić information content (AvgIpc) is 3.47. The van der Waals surface area contributed by atoms with Crippen LogP contribution < -0.4 is 19.3 Å². The van der Waals surface area contributed by atoms with Gasteiger partial charge >= 0.3 is 5.97 Å². The number of alkyl halides is 2. The number of fused-ring (bicyclic) bond motifs is 4. The first-order chi connectivity index (χ1) is 25.0. The fraction of sp³-hybridized carbons (Fsp3) is 0.286. The number of benzene rings is 3. The molecule has 3 aromatic rings. The van der Waals surface area contributed by atoms with Crippen molar-refractivity contribution in [2.45, 2.75) is 28.5 Å². The Bertz CT molecular complexity index is 2230. The lowest BCUT2D eigenvalue weighted by atomic mass is 9.56. The number of carboxylic acids is 1. The number of phenolic OH excluding ortho intramolecular Hbond substituents is 1. The van der Waals surface area contributed by atoms with Crippen LogP contribution in [0.25, 0.3) is 0 Å². The summed E-state index contributed by atoms with van der Waals surface area (Å²) in [6, 6.07) is 7.31. The summed E-state index contributed by atoms with van der Waals surface area (Å²) < 4.78 is 84.4. The van der Waals surface area contributed by atoms with Gasteiger partial charge in [-0.3, -0.25) is 24.1 Å². The van der Waals surface area contributed by atoms with Gasteiger partial charge in [-0.15, -0.1) is 23.2 Å². The number of methoxy groups -OCH3 is 2. The molecule has 18 heteroatoms. The zero-order valence-electron chi connectivity index (χ0n) is 27.1. The van der Waals surface area contributed by atoms with Crippen molar-refractivity contribution >= 4 is 64.2 Å². The van der Waals surface area contributed by atoms with Crippen molar-refractivity contribution in [3.8, 4) is 17.2 Å². The number of phenols is 1. The first-order valence-corrected chi connectivity index (χ1v) is 16.4. The van der Waals surface area contributed by atoms with Crippen LogP contribution in [0.4, 0.5) is 33.3 Å². The Morgan fingerprint density at radius 3 is 2.09 bits per heavy atom. The lowest BCUT2D eigenvalue weighted by Crippen LogP contribution is -2.60. The number of allylic oxidation sites excluding steroid dienone is 2. The van der Waals surface area contributed by atoms with Crippen LogP contribution >= 0.6 is 23.2 Å². The van der Waals surface area contributed by atoms with Crippen LogP contribution in [0.15, 0.2) is 48.0 Å². The molecular weight excluding hydrogens is 758 g/mol. The van der Waals surface area contributed by atoms with E-state index in [1.54, 1.807) is 0 Å². The summed E-state index contributed by atoms with van der Waals surface area (Å²) in [5.74, 6) is -25.5. The summed E-state index contributed by atoms with van der Waals surface area (Å²) >= 11 is 14.3. The molecule has 3 aromatic carbocycles. The molecule has 1 saturated carbocycles. The van der Waals surface area contributed by atoms with Crippen molar-refractivity contribution in [3.05, 3.63) is 88.3 Å². The number of ether oxygens (including phenoxy) is 2. The van der Waals surface area contributed by atoms with Gasteiger partial charge < -0.3 is 19.7 Å². The maximum absolute atomic E-state index is 15.3. The first-order valence-electron chi connectivity index (χ1n) is 15.6. The van der Waals surface area contributed by atoms with Crippen LogP contribution in [0.3, 0.4) is 0 Å². The Balaban J connectivity index is 1.46. The number of nitrogens with zero attached hydrogens (tertiary/aromatic N) is 2. The molecule has 7 rings (SSSR count). The zero-order valence-corrected chi connectivity index (χ0v) is 28.6. The number of hydrogen-bond acceptors (Lipinski definition) is 8. The molecule has 0 aromatic heterocycles. The highest BCUT2D eigenvalue weighted by molar-refractivity contribution is 6.58. The molecule has 0 spiro atoms. The van der Waals surface area contributed by atoms with Crippen LogP contribution in [0.5, 0.6) is 17.2 Å². The van der Waals surface area contributed by atoms with Gasteiger partial charge in [0.25, 0.3) is 11.8 Å². The number of aromatic carboxylic acids is 1. The molecule has 2 aliphatic carbocycles. The Kier molecular flexibility index (Phi) is 8.30. The zero-order chi connectivity index (χ0) is 38.6. The smallest absolute Gasteiger partial charge is 0.335 e. The van der Waals surface area contributed by atoms with Crippen molar-refractivity contribution in [2.24, 2.45) is 17.8 Å². The average molecular weight is 781 g/mol. The summed E-state index contributed by atoms with van der Waals surface area (Å²) in [6.45, 7) is 0. The largest absolute Gasteiger partial charge is 0.507 e. The molecule has 2 heterocycles. The molecule has 53 heavy (non-hydrogen) atoms. The summed E-state index contributed by atoms with van der Waals surface area (Å²) in [7, 11) is 2.41. The van der Waals surface area contributed by atoms with Crippen LogP contribution in [-0.2, 0) is 19.2 Å². The van der Waals surface area contributed by atoms with Gasteiger partial charge in [0.15, 0.2) is 33.0 Å². The molecule has 4 aliphatic rings. The van der Waals surface area contributed by atoms with E-state index in [0.717, 1.165) is 24.1 Å². The molecule has 2 N–H and O–H groups in total. The first kappa shape index (κ1) is 36.2. The maximum Gasteiger partial charge on any atom is 0.335 e. The number of imide groups is 2. The fourth-order valence-electron chi connectivity index (χ4n) is 8.08. The third-order valence-electron chi connectivity index (χ3n) is 10.4. The van der Waals surface area contributed by atoms with E-state index in [1.807, 2.05) is 0 Å². The molecule has 276 valence electrons. The second kappa shape index (κ2) is 12.2. The maximum atomic E-state index is 15.3. The van der Waals surface area contributed by atoms with Gasteiger partial charge in [-0.1, -0.05) is 17.7 Å². The Hall–Kier alpha value is -5.22. The van der Waals surface area contributed by atoms with Gasteiger partial charge in [0, 0.05) is 23.6 Å². The second-order valence-corrected chi connectivity index (χ2v) is 14.1. The quantitative estimate of drug-likeness (QED) is 0.0818. The molecule has 4 amide bonds. The number of aromatic hydroxyl groups is 1. The lowest BCUT2D eigenvalue weighted by Gasteiger charge is -2.50. The molecule has 2 saturated heterocycles. The Labute approximate surface area is 305 Å². The van der Waals surface area contributed by atoms with E-state index in [2.05, 4.69) is 0 Å². The van der Waals surface area contributed by atoms with Gasteiger partial charge in [0.1, 0.15) is 22.9 Å². The molecule has 0 unspecified atom stereocenters. The van der Waals surface area contributed by atoms with Gasteiger partial charge in [-0.05, 0) is 37.0 Å². The van der Waals surface area contributed by atoms with E-state index in [1.165, 1.54) is 37.5 Å². The minimum Gasteiger partial charge on any atom is -0.507 e. The monoisotopic (exact) mass is 780 g/mol. The minimum absolute atomic E-state index is 0.0292. The summed E-state index contributed by atoms with van der Waals surface area (Å²) in [6.07, 6.45) is 0.443. The standard InChI is InChI=1S/C35H23Cl2F5N2O9/c1-52-14-9-18(45)21(19(10-14)53-2)22-15-6-7-16-20(30(47)43(29(16)46)13-5-3-4-12(8-13)31(48)49)17(15)11-34(36)32(50)44(33(51)35(22,34)37)28-26(41)24(39)23(38)25(40)27(28)42/h3-6,8-10,16-17,20,22,45H,7,11H2,1-2H3,(H,48,49)/t16-,17+,20-,22+,34+,35-/m0/s1. The third-order valence-corrected chi connectivity index (χ3v) is 11.8. The van der Waals surface area contributed by atoms with Crippen molar-refractivity contribution in [2.75, 3.05) is 24.0 Å². The molecule has 2 aliphatic heterocycles. The number of halogens is 7. The van der Waals surface area contributed by atoms with Crippen molar-refractivity contribution in [3.63, 3.8) is 0 Å². The highest BCUT2D eigenvalue weighted by Gasteiger charge is 2.77. The Morgan fingerprint density at radius 1 is 0.849 bits per heavy atom. The number of carbonyl (C=O) groups excluding carboxylic acids is 4. The van der Waals surface area contributed by atoms with Crippen LogP contribution in [0, 0.1) is 46.8 Å². The number of carbonyl (C=O) groups is 5. The van der Waals surface area contributed by atoms with Gasteiger partial charge in [0.05, 0.1) is 37.3 Å².